The first-order valence-corrected chi connectivity index (χ1v) is 3.98. The van der Waals surface area contributed by atoms with Crippen molar-refractivity contribution < 1.29 is 9.47 Å². The first kappa shape index (κ1) is 9.63. The Morgan fingerprint density at radius 3 is 2.85 bits per heavy atom. The molecule has 0 fully saturated rings. The number of benzene rings is 1. The Morgan fingerprint density at radius 2 is 2.15 bits per heavy atom. The number of ether oxygens (including phenoxy) is 2. The molecule has 0 saturated carbocycles. The van der Waals surface area contributed by atoms with Crippen molar-refractivity contribution in [3.63, 3.8) is 0 Å². The summed E-state index contributed by atoms with van der Waals surface area (Å²) in [5, 5.41) is 0. The van der Waals surface area contributed by atoms with E-state index in [9.17, 15) is 0 Å². The van der Waals surface area contributed by atoms with Crippen molar-refractivity contribution >= 4 is 0 Å². The predicted octanol–water partition coefficient (Wildman–Crippen LogP) is 1.69. The Balaban J connectivity index is 2.73. The van der Waals surface area contributed by atoms with Crippen LogP contribution in [0.2, 0.25) is 0 Å². The summed E-state index contributed by atoms with van der Waals surface area (Å²) in [5.74, 6) is 6.66. The van der Waals surface area contributed by atoms with Gasteiger partial charge in [0.05, 0.1) is 7.11 Å². The second-order valence-electron chi connectivity index (χ2n) is 2.47. The van der Waals surface area contributed by atoms with Crippen LogP contribution in [0.3, 0.4) is 0 Å². The minimum absolute atomic E-state index is 0.456. The minimum atomic E-state index is 0.456. The third-order valence-corrected chi connectivity index (χ3v) is 1.52. The summed E-state index contributed by atoms with van der Waals surface area (Å²) < 4.78 is 9.88. The van der Waals surface area contributed by atoms with Gasteiger partial charge in [-0.05, 0) is 18.2 Å². The molecular weight excluding hydrogens is 164 g/mol. The van der Waals surface area contributed by atoms with E-state index in [2.05, 4.69) is 11.8 Å². The van der Waals surface area contributed by atoms with Gasteiger partial charge >= 0.3 is 0 Å². The van der Waals surface area contributed by atoms with Crippen LogP contribution in [0.5, 0.6) is 5.75 Å². The smallest absolute Gasteiger partial charge is 0.120 e. The van der Waals surface area contributed by atoms with Crippen molar-refractivity contribution in [1.29, 1.82) is 0 Å². The van der Waals surface area contributed by atoms with Crippen molar-refractivity contribution in [2.75, 3.05) is 20.8 Å². The monoisotopic (exact) mass is 176 g/mol. The van der Waals surface area contributed by atoms with Crippen molar-refractivity contribution in [2.45, 2.75) is 0 Å². The summed E-state index contributed by atoms with van der Waals surface area (Å²) in [5.41, 5.74) is 0.941. The maximum Gasteiger partial charge on any atom is 0.120 e. The molecule has 2 nitrogen and oxygen atoms in total. The molecule has 0 atom stereocenters. The molecule has 0 saturated heterocycles. The molecule has 0 aliphatic heterocycles. The van der Waals surface area contributed by atoms with Gasteiger partial charge in [-0.1, -0.05) is 17.9 Å². The lowest BCUT2D eigenvalue weighted by molar-refractivity contribution is 0.240. The Labute approximate surface area is 78.5 Å². The zero-order valence-electron chi connectivity index (χ0n) is 7.83. The molecule has 0 spiro atoms. The van der Waals surface area contributed by atoms with Crippen molar-refractivity contribution in [2.24, 2.45) is 0 Å². The molecule has 0 aliphatic rings. The number of hydrogen-bond acceptors (Lipinski definition) is 2. The van der Waals surface area contributed by atoms with Crippen LogP contribution in [0.4, 0.5) is 0 Å². The summed E-state index contributed by atoms with van der Waals surface area (Å²) in [6.45, 7) is 0.456. The van der Waals surface area contributed by atoms with Gasteiger partial charge in [0.1, 0.15) is 12.4 Å². The molecule has 1 aromatic carbocycles. The highest BCUT2D eigenvalue weighted by Gasteiger charge is 1.90. The lowest BCUT2D eigenvalue weighted by Crippen LogP contribution is -1.84. The van der Waals surface area contributed by atoms with Crippen molar-refractivity contribution in [3.8, 4) is 17.6 Å². The summed E-state index contributed by atoms with van der Waals surface area (Å²) in [4.78, 5) is 0. The van der Waals surface area contributed by atoms with E-state index in [1.165, 1.54) is 0 Å². The maximum absolute atomic E-state index is 5.06. The zero-order valence-corrected chi connectivity index (χ0v) is 7.83. The van der Waals surface area contributed by atoms with Crippen LogP contribution in [-0.2, 0) is 4.74 Å². The Hall–Kier alpha value is -1.46. The topological polar surface area (TPSA) is 18.5 Å². The lowest BCUT2D eigenvalue weighted by atomic mass is 10.2. The molecule has 0 amide bonds. The van der Waals surface area contributed by atoms with Gasteiger partial charge in [-0.2, -0.15) is 0 Å². The van der Waals surface area contributed by atoms with Crippen LogP contribution in [0.25, 0.3) is 0 Å². The van der Waals surface area contributed by atoms with Gasteiger partial charge < -0.3 is 9.47 Å². The molecule has 0 aromatic heterocycles. The van der Waals surface area contributed by atoms with E-state index in [4.69, 9.17) is 9.47 Å². The van der Waals surface area contributed by atoms with E-state index in [-0.39, 0.29) is 0 Å². The van der Waals surface area contributed by atoms with E-state index in [1.54, 1.807) is 14.2 Å². The maximum atomic E-state index is 5.06. The van der Waals surface area contributed by atoms with Gasteiger partial charge in [-0.25, -0.2) is 0 Å². The van der Waals surface area contributed by atoms with Gasteiger partial charge in [0.25, 0.3) is 0 Å². The molecule has 0 bridgehead atoms. The first-order valence-electron chi connectivity index (χ1n) is 3.98. The van der Waals surface area contributed by atoms with Crippen LogP contribution in [-0.4, -0.2) is 20.8 Å². The number of hydrogen-bond donors (Lipinski definition) is 0. The third kappa shape index (κ3) is 3.18. The van der Waals surface area contributed by atoms with E-state index in [0.717, 1.165) is 11.3 Å². The molecule has 0 aliphatic carbocycles. The second-order valence-corrected chi connectivity index (χ2v) is 2.47. The average molecular weight is 176 g/mol. The van der Waals surface area contributed by atoms with Gasteiger partial charge in [-0.15, -0.1) is 0 Å². The van der Waals surface area contributed by atoms with E-state index in [1.807, 2.05) is 24.3 Å². The van der Waals surface area contributed by atoms with Crippen molar-refractivity contribution in [3.05, 3.63) is 29.8 Å². The normalized spacial score (nSPS) is 8.77. The summed E-state index contributed by atoms with van der Waals surface area (Å²) in [6, 6.07) is 7.63. The number of methoxy groups -OCH3 is 2. The third-order valence-electron chi connectivity index (χ3n) is 1.52. The molecule has 0 heterocycles. The fraction of sp³-hybridized carbons (Fsp3) is 0.273. The summed E-state index contributed by atoms with van der Waals surface area (Å²) in [7, 11) is 3.27. The SMILES string of the molecule is COCC#Cc1cccc(OC)c1. The fourth-order valence-electron chi connectivity index (χ4n) is 0.911. The average Bonchev–Trinajstić information content (AvgIpc) is 2.19. The Kier molecular flexibility index (Phi) is 3.87. The second kappa shape index (κ2) is 5.23. The first-order chi connectivity index (χ1) is 6.36. The van der Waals surface area contributed by atoms with E-state index >= 15 is 0 Å². The summed E-state index contributed by atoms with van der Waals surface area (Å²) in [6.07, 6.45) is 0. The standard InChI is InChI=1S/C11H12O2/c1-12-8-4-6-10-5-3-7-11(9-10)13-2/h3,5,7,9H,8H2,1-2H3. The number of rotatable bonds is 2. The van der Waals surface area contributed by atoms with Gasteiger partial charge in [0.2, 0.25) is 0 Å². The highest BCUT2D eigenvalue weighted by atomic mass is 16.5. The van der Waals surface area contributed by atoms with Crippen LogP contribution in [0.15, 0.2) is 24.3 Å². The highest BCUT2D eigenvalue weighted by Crippen LogP contribution is 2.10. The van der Waals surface area contributed by atoms with Gasteiger partial charge in [0.15, 0.2) is 0 Å². The zero-order chi connectivity index (χ0) is 9.52. The van der Waals surface area contributed by atoms with E-state index < -0.39 is 0 Å². The molecule has 0 N–H and O–H groups in total. The molecule has 0 radical (unpaired) electrons. The molecule has 68 valence electrons. The van der Waals surface area contributed by atoms with Crippen LogP contribution in [0.1, 0.15) is 5.56 Å². The van der Waals surface area contributed by atoms with Gasteiger partial charge in [0, 0.05) is 12.7 Å². The summed E-state index contributed by atoms with van der Waals surface area (Å²) >= 11 is 0. The molecule has 2 heteroatoms. The van der Waals surface area contributed by atoms with E-state index in [0.29, 0.717) is 6.61 Å². The highest BCUT2D eigenvalue weighted by molar-refractivity contribution is 5.39. The Morgan fingerprint density at radius 1 is 1.31 bits per heavy atom. The van der Waals surface area contributed by atoms with Crippen molar-refractivity contribution in [1.82, 2.24) is 0 Å². The van der Waals surface area contributed by atoms with Crippen LogP contribution < -0.4 is 4.74 Å². The molecule has 13 heavy (non-hydrogen) atoms. The molecule has 1 rings (SSSR count). The van der Waals surface area contributed by atoms with Crippen LogP contribution in [0, 0.1) is 11.8 Å². The quantitative estimate of drug-likeness (QED) is 0.638. The largest absolute Gasteiger partial charge is 0.497 e. The fourth-order valence-corrected chi connectivity index (χ4v) is 0.911. The van der Waals surface area contributed by atoms with Gasteiger partial charge in [-0.3, -0.25) is 0 Å². The minimum Gasteiger partial charge on any atom is -0.497 e. The van der Waals surface area contributed by atoms with Crippen LogP contribution >= 0.6 is 0 Å². The predicted molar refractivity (Wildman–Crippen MR) is 51.7 cm³/mol. The lowest BCUT2D eigenvalue weighted by Gasteiger charge is -1.97. The molecule has 1 aromatic rings. The Bertz CT molecular complexity index is 320. The molecular formula is C11H12O2. The molecule has 0 unspecified atom stereocenters.